The van der Waals surface area contributed by atoms with Crippen molar-refractivity contribution in [1.82, 2.24) is 20.3 Å². The maximum atomic E-state index is 13.8. The summed E-state index contributed by atoms with van der Waals surface area (Å²) in [5, 5.41) is 16.5. The Balaban J connectivity index is 1.31. The molecule has 0 saturated carbocycles. The molecule has 5 rings (SSSR count). The summed E-state index contributed by atoms with van der Waals surface area (Å²) in [5.74, 6) is 5.14. The van der Waals surface area contributed by atoms with Gasteiger partial charge < -0.3 is 20.1 Å². The highest BCUT2D eigenvalue weighted by molar-refractivity contribution is 5.84. The van der Waals surface area contributed by atoms with Gasteiger partial charge in [-0.05, 0) is 75.8 Å². The molecule has 1 aliphatic rings. The zero-order valence-electron chi connectivity index (χ0n) is 26.8. The number of aromatic amines is 1. The van der Waals surface area contributed by atoms with Crippen LogP contribution in [0.4, 0.5) is 0 Å². The lowest BCUT2D eigenvalue weighted by molar-refractivity contribution is -0.192. The van der Waals surface area contributed by atoms with Crippen LogP contribution in [-0.4, -0.2) is 84.0 Å². The summed E-state index contributed by atoms with van der Waals surface area (Å²) in [6.07, 6.45) is 0.962. The normalized spacial score (nSPS) is 18.7. The zero-order valence-corrected chi connectivity index (χ0v) is 26.8. The summed E-state index contributed by atoms with van der Waals surface area (Å²) >= 11 is 0. The molecule has 4 atom stereocenters. The van der Waals surface area contributed by atoms with Gasteiger partial charge in [-0.1, -0.05) is 59.9 Å². The number of hydrogen-bond donors (Lipinski definition) is 3. The predicted octanol–water partition coefficient (Wildman–Crippen LogP) is 3.82. The lowest BCUT2D eigenvalue weighted by atomic mass is 9.91. The van der Waals surface area contributed by atoms with E-state index in [0.717, 1.165) is 33.2 Å². The van der Waals surface area contributed by atoms with Crippen LogP contribution >= 0.6 is 0 Å². The Bertz CT molecular complexity index is 1680. The summed E-state index contributed by atoms with van der Waals surface area (Å²) in [6.45, 7) is 4.41. The number of amides is 1. The van der Waals surface area contributed by atoms with Crippen LogP contribution in [0.15, 0.2) is 79.0 Å². The number of aliphatic hydroxyl groups excluding tert-OH is 1. The summed E-state index contributed by atoms with van der Waals surface area (Å²) in [4.78, 5) is 37.5. The molecule has 1 fully saturated rings. The second-order valence-corrected chi connectivity index (χ2v) is 12.1. The largest absolute Gasteiger partial charge is 0.464 e. The smallest absolute Gasteiger partial charge is 0.320 e. The molecule has 2 heterocycles. The third kappa shape index (κ3) is 8.42. The molecule has 0 radical (unpaired) electrons. The van der Waals surface area contributed by atoms with Crippen LogP contribution in [0.3, 0.4) is 0 Å². The van der Waals surface area contributed by atoms with Gasteiger partial charge in [-0.15, -0.1) is 0 Å². The number of aromatic nitrogens is 1. The van der Waals surface area contributed by atoms with Gasteiger partial charge in [0, 0.05) is 34.8 Å². The number of rotatable bonds is 11. The number of carbonyl (C=O) groups is 2. The van der Waals surface area contributed by atoms with E-state index in [9.17, 15) is 14.7 Å². The van der Waals surface area contributed by atoms with Crippen molar-refractivity contribution in [1.29, 1.82) is 0 Å². The first-order valence-corrected chi connectivity index (χ1v) is 15.6. The highest BCUT2D eigenvalue weighted by atomic mass is 16.7. The van der Waals surface area contributed by atoms with E-state index in [1.807, 2.05) is 79.9 Å². The molecule has 3 aromatic carbocycles. The minimum atomic E-state index is -0.900. The van der Waals surface area contributed by atoms with E-state index in [-0.39, 0.29) is 25.6 Å². The maximum Gasteiger partial charge on any atom is 0.320 e. The molecule has 1 amide bonds. The van der Waals surface area contributed by atoms with Crippen molar-refractivity contribution < 1.29 is 24.3 Å². The molecule has 46 heavy (non-hydrogen) atoms. The number of aliphatic hydroxyl groups is 1. The van der Waals surface area contributed by atoms with Gasteiger partial charge in [0.2, 0.25) is 5.91 Å². The molecule has 1 unspecified atom stereocenters. The van der Waals surface area contributed by atoms with Crippen LogP contribution < -0.4 is 5.32 Å². The van der Waals surface area contributed by atoms with E-state index in [4.69, 9.17) is 9.57 Å². The highest BCUT2D eigenvalue weighted by Crippen LogP contribution is 2.32. The van der Waals surface area contributed by atoms with Gasteiger partial charge in [0.25, 0.3) is 0 Å². The van der Waals surface area contributed by atoms with Crippen molar-refractivity contribution in [2.45, 2.75) is 45.1 Å². The SMILES string of the molecule is Cc1ccc(C#Cc2ccc(CN3O[C@H]([C@@H](C)O)[C@H](COC(=O)CN(C)C)C3C(=O)NCCc3c[nH]c4ccccc34)cc2)cc1. The fourth-order valence-corrected chi connectivity index (χ4v) is 5.70. The first-order valence-electron chi connectivity index (χ1n) is 15.6. The summed E-state index contributed by atoms with van der Waals surface area (Å²) in [6, 6.07) is 23.1. The predicted molar refractivity (Wildman–Crippen MR) is 178 cm³/mol. The van der Waals surface area contributed by atoms with Crippen LogP contribution in [0.2, 0.25) is 0 Å². The monoisotopic (exact) mass is 622 g/mol. The maximum absolute atomic E-state index is 13.8. The Labute approximate surface area is 270 Å². The molecule has 0 aliphatic carbocycles. The number of nitrogens with one attached hydrogen (secondary N) is 2. The first-order chi connectivity index (χ1) is 22.2. The molecule has 4 aromatic rings. The van der Waals surface area contributed by atoms with E-state index in [1.54, 1.807) is 31.0 Å². The van der Waals surface area contributed by atoms with Gasteiger partial charge in [0.05, 0.1) is 31.7 Å². The summed E-state index contributed by atoms with van der Waals surface area (Å²) in [7, 11) is 3.56. The number of aryl methyl sites for hydroxylation is 1. The standard InChI is InChI=1S/C37H42N4O5/c1-25-9-11-27(12-10-25)13-14-28-15-17-29(18-16-28)22-41-35(32(36(46-41)26(2)42)24-45-34(43)23-40(3)4)37(44)38-20-19-30-21-39-33-8-6-5-7-31(30)33/h5-12,15-18,21,26,32,35-36,39,42H,19-20,22-24H2,1-4H3,(H,38,44)/t26-,32-,35?,36-/m1/s1. The molecule has 3 N–H and O–H groups in total. The molecule has 0 spiro atoms. The van der Waals surface area contributed by atoms with Crippen LogP contribution in [0.5, 0.6) is 0 Å². The number of nitrogens with zero attached hydrogens (tertiary/aromatic N) is 2. The van der Waals surface area contributed by atoms with Crippen molar-refractivity contribution >= 4 is 22.8 Å². The number of H-pyrrole nitrogens is 1. The highest BCUT2D eigenvalue weighted by Gasteiger charge is 2.49. The van der Waals surface area contributed by atoms with E-state index >= 15 is 0 Å². The minimum absolute atomic E-state index is 0.0627. The van der Waals surface area contributed by atoms with Crippen LogP contribution in [0, 0.1) is 24.7 Å². The number of esters is 1. The quantitative estimate of drug-likeness (QED) is 0.173. The number of fused-ring (bicyclic) bond motifs is 1. The van der Waals surface area contributed by atoms with E-state index in [0.29, 0.717) is 13.0 Å². The average Bonchev–Trinajstić information content (AvgIpc) is 3.61. The lowest BCUT2D eigenvalue weighted by Gasteiger charge is -2.25. The molecule has 240 valence electrons. The van der Waals surface area contributed by atoms with Gasteiger partial charge in [-0.25, -0.2) is 0 Å². The topological polar surface area (TPSA) is 107 Å². The van der Waals surface area contributed by atoms with Crippen LogP contribution in [-0.2, 0) is 32.1 Å². The van der Waals surface area contributed by atoms with Crippen LogP contribution in [0.1, 0.15) is 34.7 Å². The molecule has 9 nitrogen and oxygen atoms in total. The van der Waals surface area contributed by atoms with Crippen molar-refractivity contribution in [2.75, 3.05) is 33.8 Å². The average molecular weight is 623 g/mol. The van der Waals surface area contributed by atoms with Crippen molar-refractivity contribution in [3.63, 3.8) is 0 Å². The minimum Gasteiger partial charge on any atom is -0.464 e. The Morgan fingerprint density at radius 1 is 1.04 bits per heavy atom. The number of hydrogen-bond acceptors (Lipinski definition) is 7. The lowest BCUT2D eigenvalue weighted by Crippen LogP contribution is -2.48. The Kier molecular flexibility index (Phi) is 10.9. The Hall–Kier alpha value is -4.46. The Morgan fingerprint density at radius 2 is 1.72 bits per heavy atom. The third-order valence-electron chi connectivity index (χ3n) is 8.08. The summed E-state index contributed by atoms with van der Waals surface area (Å²) < 4.78 is 5.60. The van der Waals surface area contributed by atoms with Crippen molar-refractivity contribution in [2.24, 2.45) is 5.92 Å². The molecular formula is C37H42N4O5. The first kappa shape index (κ1) is 32.9. The Morgan fingerprint density at radius 3 is 2.39 bits per heavy atom. The number of hydroxylamine groups is 2. The number of ether oxygens (including phenoxy) is 1. The molecule has 1 saturated heterocycles. The van der Waals surface area contributed by atoms with Crippen LogP contribution in [0.25, 0.3) is 10.9 Å². The zero-order chi connectivity index (χ0) is 32.6. The fraction of sp³-hybridized carbons (Fsp3) is 0.351. The number of likely N-dealkylation sites (N-methyl/N-ethyl adjacent to an activating group) is 1. The second kappa shape index (κ2) is 15.2. The molecule has 1 aromatic heterocycles. The van der Waals surface area contributed by atoms with Gasteiger partial charge >= 0.3 is 5.97 Å². The number of benzene rings is 3. The number of para-hydroxylation sites is 1. The van der Waals surface area contributed by atoms with Gasteiger partial charge in [0.1, 0.15) is 12.1 Å². The van der Waals surface area contributed by atoms with Gasteiger partial charge in [-0.2, -0.15) is 5.06 Å². The third-order valence-corrected chi connectivity index (χ3v) is 8.08. The van der Waals surface area contributed by atoms with Crippen molar-refractivity contribution in [3.8, 4) is 11.8 Å². The molecule has 0 bridgehead atoms. The summed E-state index contributed by atoms with van der Waals surface area (Å²) in [5.41, 5.74) is 6.06. The van der Waals surface area contributed by atoms with E-state index < -0.39 is 30.1 Å². The van der Waals surface area contributed by atoms with E-state index in [1.165, 1.54) is 5.56 Å². The molecule has 1 aliphatic heterocycles. The number of carbonyl (C=O) groups excluding carboxylic acids is 2. The fourth-order valence-electron chi connectivity index (χ4n) is 5.70. The van der Waals surface area contributed by atoms with Gasteiger partial charge in [-0.3, -0.25) is 19.3 Å². The van der Waals surface area contributed by atoms with Crippen molar-refractivity contribution in [3.05, 3.63) is 107 Å². The second-order valence-electron chi connectivity index (χ2n) is 12.1. The molecule has 9 heteroatoms. The molecular weight excluding hydrogens is 580 g/mol. The van der Waals surface area contributed by atoms with E-state index in [2.05, 4.69) is 28.2 Å². The van der Waals surface area contributed by atoms with Gasteiger partial charge in [0.15, 0.2) is 0 Å².